The zero-order chi connectivity index (χ0) is 14.8. The fourth-order valence-electron chi connectivity index (χ4n) is 1.68. The molecule has 0 saturated carbocycles. The van der Waals surface area contributed by atoms with Gasteiger partial charge in [0.05, 0.1) is 18.5 Å². The first kappa shape index (κ1) is 14.4. The van der Waals surface area contributed by atoms with E-state index < -0.39 is 9.05 Å². The number of benzene rings is 1. The summed E-state index contributed by atoms with van der Waals surface area (Å²) in [6.45, 7) is 2.39. The van der Waals surface area contributed by atoms with Gasteiger partial charge in [0.25, 0.3) is 9.05 Å². The maximum Gasteiger partial charge on any atom is 0.280 e. The van der Waals surface area contributed by atoms with Crippen LogP contribution in [-0.2, 0) is 9.05 Å². The molecule has 0 aliphatic carbocycles. The number of halogens is 1. The zero-order valence-electron chi connectivity index (χ0n) is 10.4. The SMILES string of the molecule is CCOc1ccc(-n2ncc(C#N)c2S(=O)(=O)Cl)cc1. The summed E-state index contributed by atoms with van der Waals surface area (Å²) in [5, 5.41) is 12.5. The van der Waals surface area contributed by atoms with Crippen LogP contribution in [0.3, 0.4) is 0 Å². The van der Waals surface area contributed by atoms with Crippen LogP contribution >= 0.6 is 10.7 Å². The van der Waals surface area contributed by atoms with Gasteiger partial charge in [-0.15, -0.1) is 0 Å². The largest absolute Gasteiger partial charge is 0.494 e. The second-order valence-corrected chi connectivity index (χ2v) is 6.23. The standard InChI is InChI=1S/C12H10ClN3O3S/c1-2-19-11-5-3-10(4-6-11)16-12(20(13,17)18)9(7-14)8-15-16/h3-6,8H,2H2,1H3. The first-order chi connectivity index (χ1) is 9.47. The molecule has 1 aromatic heterocycles. The Morgan fingerprint density at radius 1 is 1.40 bits per heavy atom. The molecular weight excluding hydrogens is 302 g/mol. The number of rotatable bonds is 4. The maximum atomic E-state index is 11.6. The number of aromatic nitrogens is 2. The molecule has 0 fully saturated rings. The van der Waals surface area contributed by atoms with Gasteiger partial charge in [-0.05, 0) is 31.2 Å². The third-order valence-corrected chi connectivity index (χ3v) is 3.76. The van der Waals surface area contributed by atoms with E-state index in [0.29, 0.717) is 18.0 Å². The lowest BCUT2D eigenvalue weighted by Gasteiger charge is -2.07. The van der Waals surface area contributed by atoms with Crippen molar-refractivity contribution in [3.8, 4) is 17.5 Å². The van der Waals surface area contributed by atoms with Gasteiger partial charge < -0.3 is 4.74 Å². The van der Waals surface area contributed by atoms with Crippen LogP contribution in [0.1, 0.15) is 12.5 Å². The molecule has 0 aliphatic heterocycles. The van der Waals surface area contributed by atoms with Crippen molar-refractivity contribution in [3.05, 3.63) is 36.0 Å². The fraction of sp³-hybridized carbons (Fsp3) is 0.167. The number of nitrogens with zero attached hydrogens (tertiary/aromatic N) is 3. The molecule has 1 heterocycles. The number of nitriles is 1. The highest BCUT2D eigenvalue weighted by Crippen LogP contribution is 2.24. The van der Waals surface area contributed by atoms with Crippen molar-refractivity contribution in [3.63, 3.8) is 0 Å². The zero-order valence-corrected chi connectivity index (χ0v) is 12.0. The van der Waals surface area contributed by atoms with Gasteiger partial charge in [0.15, 0.2) is 5.03 Å². The Morgan fingerprint density at radius 3 is 2.55 bits per heavy atom. The molecule has 0 aliphatic rings. The number of hydrogen-bond acceptors (Lipinski definition) is 5. The molecule has 0 radical (unpaired) electrons. The molecule has 6 nitrogen and oxygen atoms in total. The molecule has 0 bridgehead atoms. The second-order valence-electron chi connectivity index (χ2n) is 3.75. The molecule has 2 rings (SSSR count). The molecular formula is C12H10ClN3O3S. The summed E-state index contributed by atoms with van der Waals surface area (Å²) in [5.41, 5.74) is 0.364. The van der Waals surface area contributed by atoms with Gasteiger partial charge in [-0.2, -0.15) is 10.4 Å². The van der Waals surface area contributed by atoms with E-state index in [1.54, 1.807) is 30.3 Å². The van der Waals surface area contributed by atoms with Crippen molar-refractivity contribution in [2.45, 2.75) is 11.9 Å². The third kappa shape index (κ3) is 2.76. The Kier molecular flexibility index (Phi) is 3.97. The third-order valence-electron chi connectivity index (χ3n) is 2.47. The summed E-state index contributed by atoms with van der Waals surface area (Å²) in [7, 11) is 1.27. The summed E-state index contributed by atoms with van der Waals surface area (Å²) in [6, 6.07) is 8.37. The smallest absolute Gasteiger partial charge is 0.280 e. The van der Waals surface area contributed by atoms with Crippen LogP contribution in [0.2, 0.25) is 0 Å². The van der Waals surface area contributed by atoms with Gasteiger partial charge in [0, 0.05) is 10.7 Å². The topological polar surface area (TPSA) is 85.0 Å². The Hall–Kier alpha value is -2.04. The van der Waals surface area contributed by atoms with E-state index in [0.717, 1.165) is 10.9 Å². The average molecular weight is 312 g/mol. The Morgan fingerprint density at radius 2 is 2.05 bits per heavy atom. The van der Waals surface area contributed by atoms with Crippen LogP contribution in [0, 0.1) is 11.3 Å². The molecule has 1 aromatic carbocycles. The van der Waals surface area contributed by atoms with Crippen molar-refractivity contribution in [2.75, 3.05) is 6.61 Å². The Labute approximate surface area is 120 Å². The van der Waals surface area contributed by atoms with Crippen molar-refractivity contribution in [2.24, 2.45) is 0 Å². The van der Waals surface area contributed by atoms with Gasteiger partial charge in [0.1, 0.15) is 17.4 Å². The Bertz CT molecular complexity index is 760. The van der Waals surface area contributed by atoms with Crippen molar-refractivity contribution >= 4 is 19.7 Å². The summed E-state index contributed by atoms with van der Waals surface area (Å²) in [4.78, 5) is 0. The number of hydrogen-bond donors (Lipinski definition) is 0. The van der Waals surface area contributed by atoms with Gasteiger partial charge in [-0.25, -0.2) is 13.1 Å². The van der Waals surface area contributed by atoms with E-state index >= 15 is 0 Å². The predicted molar refractivity (Wildman–Crippen MR) is 72.5 cm³/mol. The van der Waals surface area contributed by atoms with Crippen LogP contribution < -0.4 is 4.74 Å². The highest BCUT2D eigenvalue weighted by atomic mass is 35.7. The second kappa shape index (κ2) is 5.53. The van der Waals surface area contributed by atoms with Crippen molar-refractivity contribution in [1.82, 2.24) is 9.78 Å². The minimum Gasteiger partial charge on any atom is -0.494 e. The van der Waals surface area contributed by atoms with Crippen LogP contribution in [-0.4, -0.2) is 24.8 Å². The van der Waals surface area contributed by atoms with Crippen LogP contribution in [0.25, 0.3) is 5.69 Å². The molecule has 0 N–H and O–H groups in total. The molecule has 0 saturated heterocycles. The van der Waals surface area contributed by atoms with Gasteiger partial charge in [-0.1, -0.05) is 0 Å². The van der Waals surface area contributed by atoms with E-state index in [-0.39, 0.29) is 10.6 Å². The summed E-state index contributed by atoms with van der Waals surface area (Å²) >= 11 is 0. The van der Waals surface area contributed by atoms with E-state index in [1.165, 1.54) is 0 Å². The van der Waals surface area contributed by atoms with Gasteiger partial charge >= 0.3 is 0 Å². The van der Waals surface area contributed by atoms with Crippen molar-refractivity contribution < 1.29 is 13.2 Å². The highest BCUT2D eigenvalue weighted by Gasteiger charge is 2.23. The van der Waals surface area contributed by atoms with Gasteiger partial charge in [0.2, 0.25) is 0 Å². The first-order valence-corrected chi connectivity index (χ1v) is 7.94. The predicted octanol–water partition coefficient (Wildman–Crippen LogP) is 2.07. The fourth-order valence-corrected chi connectivity index (χ4v) is 2.85. The minimum atomic E-state index is -4.08. The molecule has 0 unspecified atom stereocenters. The van der Waals surface area contributed by atoms with Gasteiger partial charge in [-0.3, -0.25) is 0 Å². The van der Waals surface area contributed by atoms with E-state index in [1.807, 2.05) is 6.92 Å². The summed E-state index contributed by atoms with van der Waals surface area (Å²) in [6.07, 6.45) is 1.16. The highest BCUT2D eigenvalue weighted by molar-refractivity contribution is 8.13. The quantitative estimate of drug-likeness (QED) is 0.807. The maximum absolute atomic E-state index is 11.6. The average Bonchev–Trinajstić information content (AvgIpc) is 2.84. The summed E-state index contributed by atoms with van der Waals surface area (Å²) < 4.78 is 29.5. The minimum absolute atomic E-state index is 0.103. The Balaban J connectivity index is 2.54. The van der Waals surface area contributed by atoms with Crippen LogP contribution in [0.5, 0.6) is 5.75 Å². The van der Waals surface area contributed by atoms with Crippen LogP contribution in [0.15, 0.2) is 35.5 Å². The molecule has 104 valence electrons. The lowest BCUT2D eigenvalue weighted by Crippen LogP contribution is -2.06. The van der Waals surface area contributed by atoms with E-state index in [4.69, 9.17) is 20.7 Å². The molecule has 2 aromatic rings. The molecule has 8 heteroatoms. The van der Waals surface area contributed by atoms with Crippen molar-refractivity contribution in [1.29, 1.82) is 5.26 Å². The molecule has 0 amide bonds. The lowest BCUT2D eigenvalue weighted by atomic mass is 10.3. The first-order valence-electron chi connectivity index (χ1n) is 5.63. The van der Waals surface area contributed by atoms with E-state index in [9.17, 15) is 8.42 Å². The normalized spacial score (nSPS) is 11.1. The molecule has 20 heavy (non-hydrogen) atoms. The summed E-state index contributed by atoms with van der Waals surface area (Å²) in [5.74, 6) is 0.652. The lowest BCUT2D eigenvalue weighted by molar-refractivity contribution is 0.340. The van der Waals surface area contributed by atoms with E-state index in [2.05, 4.69) is 5.10 Å². The monoisotopic (exact) mass is 311 g/mol. The van der Waals surface area contributed by atoms with Crippen LogP contribution in [0.4, 0.5) is 0 Å². The molecule has 0 spiro atoms. The molecule has 0 atom stereocenters. The number of ether oxygens (including phenoxy) is 1.